The monoisotopic (exact) mass is 503 g/mol. The Morgan fingerprint density at radius 3 is 2.44 bits per heavy atom. The number of nitrogens with zero attached hydrogens (tertiary/aromatic N) is 1. The van der Waals surface area contributed by atoms with Gasteiger partial charge in [-0.25, -0.2) is 9.59 Å². The molecule has 4 N–H and O–H groups in total. The molecule has 1 aliphatic rings. The zero-order valence-electron chi connectivity index (χ0n) is 18.8. The Morgan fingerprint density at radius 1 is 0.972 bits per heavy atom. The molecule has 9 nitrogen and oxygen atoms in total. The van der Waals surface area contributed by atoms with Crippen LogP contribution in [0.1, 0.15) is 26.9 Å². The maximum atomic E-state index is 13.3. The number of pyridine rings is 1. The number of fused-ring (bicyclic) bond motifs is 1. The molecule has 2 aromatic carbocycles. The van der Waals surface area contributed by atoms with Crippen LogP contribution < -0.4 is 10.1 Å². The van der Waals surface area contributed by atoms with Crippen LogP contribution in [0.2, 0.25) is 0 Å². The summed E-state index contributed by atoms with van der Waals surface area (Å²) in [5, 5.41) is 20.8. The van der Waals surface area contributed by atoms with Crippen LogP contribution in [-0.2, 0) is 16.2 Å². The highest BCUT2D eigenvalue weighted by molar-refractivity contribution is 8.02. The molecule has 0 spiro atoms. The lowest BCUT2D eigenvalue weighted by Gasteiger charge is -2.12. The van der Waals surface area contributed by atoms with Crippen molar-refractivity contribution in [2.24, 2.45) is 0 Å². The molecule has 0 saturated heterocycles. The number of aliphatic carboxylic acids is 2. The summed E-state index contributed by atoms with van der Waals surface area (Å²) in [6.45, 7) is 0.443. The van der Waals surface area contributed by atoms with E-state index in [0.717, 1.165) is 22.0 Å². The zero-order chi connectivity index (χ0) is 25.5. The molecule has 0 radical (unpaired) electrons. The van der Waals surface area contributed by atoms with Gasteiger partial charge in [0.25, 0.3) is 0 Å². The predicted molar refractivity (Wildman–Crippen MR) is 134 cm³/mol. The average Bonchev–Trinajstić information content (AvgIpc) is 3.57. The lowest BCUT2D eigenvalue weighted by atomic mass is 10.1. The normalized spacial score (nSPS) is 14.2. The number of aromatic amines is 1. The first-order valence-corrected chi connectivity index (χ1v) is 11.7. The summed E-state index contributed by atoms with van der Waals surface area (Å²) < 4.78 is 6.08. The number of nitrogens with one attached hydrogen (secondary N) is 2. The van der Waals surface area contributed by atoms with E-state index in [1.165, 1.54) is 0 Å². The van der Waals surface area contributed by atoms with E-state index in [1.807, 2.05) is 72.3 Å². The zero-order valence-corrected chi connectivity index (χ0v) is 19.6. The number of hydrogen-bond donors (Lipinski definition) is 4. The summed E-state index contributed by atoms with van der Waals surface area (Å²) in [6.07, 6.45) is 5.31. The van der Waals surface area contributed by atoms with Gasteiger partial charge in [0, 0.05) is 35.1 Å². The molecular formula is C26H21N3O6S. The lowest BCUT2D eigenvalue weighted by Crippen LogP contribution is -2.19. The molecule has 0 bridgehead atoms. The number of rotatable bonds is 6. The van der Waals surface area contributed by atoms with Crippen LogP contribution in [0.3, 0.4) is 0 Å². The summed E-state index contributed by atoms with van der Waals surface area (Å²) in [4.78, 5) is 38.9. The molecule has 4 aromatic rings. The minimum absolute atomic E-state index is 0.0170. The van der Waals surface area contributed by atoms with Gasteiger partial charge in [-0.1, -0.05) is 42.5 Å². The van der Waals surface area contributed by atoms with Crippen LogP contribution in [0.25, 0.3) is 10.9 Å². The van der Waals surface area contributed by atoms with Crippen LogP contribution in [0, 0.1) is 0 Å². The van der Waals surface area contributed by atoms with Gasteiger partial charge in [0.2, 0.25) is 5.78 Å². The van der Waals surface area contributed by atoms with Crippen molar-refractivity contribution in [3.63, 3.8) is 0 Å². The van der Waals surface area contributed by atoms with E-state index in [9.17, 15) is 4.79 Å². The number of H-pyrrole nitrogens is 1. The molecular weight excluding hydrogens is 482 g/mol. The van der Waals surface area contributed by atoms with Crippen LogP contribution in [-0.4, -0.2) is 37.9 Å². The van der Waals surface area contributed by atoms with E-state index in [4.69, 9.17) is 24.5 Å². The standard InChI is InChI=1S/C24H19N3O2S.C2H2O4/c28-23(20-15-30-24(27-20)17-8-5-11-25-12-17)18-13-26-19-9-4-10-21(22(18)19)29-14-16-6-2-1-3-7-16;3-1(4)2(5)6/h1-13,15,24,26-27H,14H2;(H,3,4)(H,5,6). The first-order chi connectivity index (χ1) is 17.4. The molecule has 10 heteroatoms. The number of hydrogen-bond acceptors (Lipinski definition) is 7. The molecule has 3 heterocycles. The molecule has 0 fully saturated rings. The molecule has 0 aliphatic carbocycles. The van der Waals surface area contributed by atoms with Gasteiger partial charge in [-0.15, -0.1) is 11.8 Å². The second kappa shape index (κ2) is 11.2. The molecule has 182 valence electrons. The van der Waals surface area contributed by atoms with E-state index in [2.05, 4.69) is 15.3 Å². The number of aromatic nitrogens is 2. The summed E-state index contributed by atoms with van der Waals surface area (Å²) >= 11 is 1.57. The van der Waals surface area contributed by atoms with Gasteiger partial charge in [-0.05, 0) is 23.8 Å². The quantitative estimate of drug-likeness (QED) is 0.223. The second-order valence-corrected chi connectivity index (χ2v) is 8.55. The molecule has 2 aromatic heterocycles. The fourth-order valence-electron chi connectivity index (χ4n) is 3.49. The lowest BCUT2D eigenvalue weighted by molar-refractivity contribution is -0.159. The number of thioether (sulfide) groups is 1. The summed E-state index contributed by atoms with van der Waals surface area (Å²) in [5.74, 6) is -3.02. The first-order valence-electron chi connectivity index (χ1n) is 10.7. The van der Waals surface area contributed by atoms with E-state index in [-0.39, 0.29) is 11.2 Å². The number of ketones is 1. The number of carboxylic acids is 2. The number of benzene rings is 2. The highest BCUT2D eigenvalue weighted by Gasteiger charge is 2.26. The largest absolute Gasteiger partial charge is 0.488 e. The number of ether oxygens (including phenoxy) is 1. The smallest absolute Gasteiger partial charge is 0.414 e. The highest BCUT2D eigenvalue weighted by Crippen LogP contribution is 2.36. The van der Waals surface area contributed by atoms with Crippen LogP contribution >= 0.6 is 11.8 Å². The summed E-state index contributed by atoms with van der Waals surface area (Å²) in [6, 6.07) is 19.7. The van der Waals surface area contributed by atoms with Crippen molar-refractivity contribution >= 4 is 40.4 Å². The minimum Gasteiger partial charge on any atom is -0.488 e. The number of Topliss-reactive ketones (excluding diaryl/α,β-unsaturated/α-hetero) is 1. The third-order valence-electron chi connectivity index (χ3n) is 5.17. The van der Waals surface area contributed by atoms with Crippen molar-refractivity contribution in [1.29, 1.82) is 0 Å². The van der Waals surface area contributed by atoms with Gasteiger partial charge < -0.3 is 25.3 Å². The van der Waals surface area contributed by atoms with Gasteiger partial charge in [0.1, 0.15) is 17.7 Å². The van der Waals surface area contributed by atoms with E-state index in [1.54, 1.807) is 24.2 Å². The SMILES string of the molecule is O=C(C1=CSC(c2cccnc2)N1)c1c[nH]c2cccc(OCc3ccccc3)c12.O=C(O)C(=O)O. The number of carbonyl (C=O) groups excluding carboxylic acids is 1. The Morgan fingerprint density at radius 2 is 1.75 bits per heavy atom. The molecule has 1 aliphatic heterocycles. The van der Waals surface area contributed by atoms with Crippen molar-refractivity contribution in [2.45, 2.75) is 12.0 Å². The predicted octanol–water partition coefficient (Wildman–Crippen LogP) is 4.36. The molecule has 1 atom stereocenters. The van der Waals surface area contributed by atoms with Gasteiger partial charge >= 0.3 is 11.9 Å². The minimum atomic E-state index is -1.82. The average molecular weight is 504 g/mol. The van der Waals surface area contributed by atoms with E-state index < -0.39 is 11.9 Å². The maximum Gasteiger partial charge on any atom is 0.414 e. The van der Waals surface area contributed by atoms with Crippen molar-refractivity contribution in [2.75, 3.05) is 0 Å². The van der Waals surface area contributed by atoms with Crippen molar-refractivity contribution < 1.29 is 29.3 Å². The third kappa shape index (κ3) is 5.73. The van der Waals surface area contributed by atoms with Crippen molar-refractivity contribution in [3.05, 3.63) is 107 Å². The molecule has 0 saturated carbocycles. The van der Waals surface area contributed by atoms with Crippen LogP contribution in [0.5, 0.6) is 5.75 Å². The Balaban J connectivity index is 0.000000455. The summed E-state index contributed by atoms with van der Waals surface area (Å²) in [7, 11) is 0. The number of allylic oxidation sites excluding steroid dienone is 1. The van der Waals surface area contributed by atoms with Crippen molar-refractivity contribution in [3.8, 4) is 5.75 Å². The van der Waals surface area contributed by atoms with Gasteiger partial charge in [-0.3, -0.25) is 9.78 Å². The van der Waals surface area contributed by atoms with E-state index in [0.29, 0.717) is 23.6 Å². The molecule has 1 unspecified atom stereocenters. The molecule has 36 heavy (non-hydrogen) atoms. The van der Waals surface area contributed by atoms with Crippen LogP contribution in [0.15, 0.2) is 90.4 Å². The molecule has 0 amide bonds. The Labute approximate surface area is 209 Å². The van der Waals surface area contributed by atoms with Gasteiger partial charge in [0.05, 0.1) is 16.6 Å². The van der Waals surface area contributed by atoms with Crippen LogP contribution in [0.4, 0.5) is 0 Å². The summed E-state index contributed by atoms with van der Waals surface area (Å²) in [5.41, 5.74) is 4.16. The Hall–Kier alpha value is -4.57. The maximum absolute atomic E-state index is 13.3. The fraction of sp³-hybridized carbons (Fsp3) is 0.0769. The molecule has 5 rings (SSSR count). The van der Waals surface area contributed by atoms with Gasteiger partial charge in [-0.2, -0.15) is 0 Å². The Kier molecular flexibility index (Phi) is 7.66. The fourth-order valence-corrected chi connectivity index (χ4v) is 4.43. The van der Waals surface area contributed by atoms with E-state index >= 15 is 0 Å². The van der Waals surface area contributed by atoms with Gasteiger partial charge in [0.15, 0.2) is 0 Å². The third-order valence-corrected chi connectivity index (χ3v) is 6.21. The second-order valence-electron chi connectivity index (χ2n) is 7.57. The van der Waals surface area contributed by atoms with Crippen molar-refractivity contribution in [1.82, 2.24) is 15.3 Å². The topological polar surface area (TPSA) is 142 Å². The first kappa shape index (κ1) is 24.6. The highest BCUT2D eigenvalue weighted by atomic mass is 32.2. The Bertz CT molecular complexity index is 1410. The number of carbonyl (C=O) groups is 3. The number of carboxylic acid groups (broad SMARTS) is 2.